The minimum absolute atomic E-state index is 0.00209. The molecule has 0 aliphatic heterocycles. The third-order valence-corrected chi connectivity index (χ3v) is 11.7. The summed E-state index contributed by atoms with van der Waals surface area (Å²) in [6.45, 7) is 17.1. The van der Waals surface area contributed by atoms with Crippen LogP contribution >= 0.6 is 0 Å². The molecule has 2 N–H and O–H groups in total. The summed E-state index contributed by atoms with van der Waals surface area (Å²) in [5.74, 6) is -1.28. The van der Waals surface area contributed by atoms with Crippen LogP contribution in [0.3, 0.4) is 0 Å². The second kappa shape index (κ2) is 19.9. The fourth-order valence-electron chi connectivity index (χ4n) is 7.05. The van der Waals surface area contributed by atoms with Crippen molar-refractivity contribution in [1.82, 2.24) is 0 Å². The highest BCUT2D eigenvalue weighted by atomic mass is 28.3. The van der Waals surface area contributed by atoms with Gasteiger partial charge in [0.25, 0.3) is 0 Å². The third-order valence-electron chi connectivity index (χ3n) is 10.0. The van der Waals surface area contributed by atoms with E-state index in [1.54, 1.807) is 6.92 Å². The normalized spacial score (nSPS) is 28.5. The second-order valence-electron chi connectivity index (χ2n) is 15.2. The van der Waals surface area contributed by atoms with E-state index in [1.807, 2.05) is 51.2 Å². The fraction of sp³-hybridized carbons (Fsp3) is 0.737. The molecule has 1 saturated carbocycles. The SMILES string of the molecule is COCO[C@@H](/C(=C/CCC[C@@H](C)O)C(=O)OC)[C@@H](C)/C=C/C=C/[C@H]1C(C)=C[C@H]2[C@H](O)[C@@H](C)CC[C@@H]2[C@@]1(C)C(=O)OCOCC[Si](C)(C)C. The summed E-state index contributed by atoms with van der Waals surface area (Å²) in [4.78, 5) is 26.8. The lowest BCUT2D eigenvalue weighted by atomic mass is 9.52. The van der Waals surface area contributed by atoms with Gasteiger partial charge < -0.3 is 33.9 Å². The molecule has 2 rings (SSSR count). The molecule has 0 heterocycles. The van der Waals surface area contributed by atoms with Crippen LogP contribution in [-0.4, -0.2) is 82.9 Å². The summed E-state index contributed by atoms with van der Waals surface area (Å²) < 4.78 is 27.8. The molecule has 0 saturated heterocycles. The lowest BCUT2D eigenvalue weighted by molar-refractivity contribution is -0.178. The first-order valence-corrected chi connectivity index (χ1v) is 21.3. The highest BCUT2D eigenvalue weighted by Crippen LogP contribution is 2.55. The van der Waals surface area contributed by atoms with Gasteiger partial charge >= 0.3 is 11.9 Å². The van der Waals surface area contributed by atoms with Crippen LogP contribution in [0.4, 0.5) is 0 Å². The lowest BCUT2D eigenvalue weighted by Crippen LogP contribution is -2.54. The Morgan fingerprint density at radius 3 is 2.46 bits per heavy atom. The first kappa shape index (κ1) is 42.1. The van der Waals surface area contributed by atoms with Crippen molar-refractivity contribution in [3.8, 4) is 0 Å². The number of aliphatic hydroxyl groups excluding tert-OH is 2. The molecule has 9 nitrogen and oxygen atoms in total. The largest absolute Gasteiger partial charge is 0.466 e. The third kappa shape index (κ3) is 12.1. The zero-order valence-corrected chi connectivity index (χ0v) is 32.2. The Morgan fingerprint density at radius 1 is 1.12 bits per heavy atom. The summed E-state index contributed by atoms with van der Waals surface area (Å²) in [5.41, 5.74) is 0.543. The van der Waals surface area contributed by atoms with Crippen molar-refractivity contribution in [3.05, 3.63) is 47.6 Å². The van der Waals surface area contributed by atoms with Crippen LogP contribution in [0.15, 0.2) is 47.6 Å². The maximum absolute atomic E-state index is 14.0. The molecule has 2 aliphatic rings. The van der Waals surface area contributed by atoms with Gasteiger partial charge in [0.1, 0.15) is 6.79 Å². The lowest BCUT2D eigenvalue weighted by Gasteiger charge is -2.52. The van der Waals surface area contributed by atoms with E-state index in [0.29, 0.717) is 25.0 Å². The Balaban J connectivity index is 2.33. The van der Waals surface area contributed by atoms with Gasteiger partial charge in [-0.3, -0.25) is 4.79 Å². The van der Waals surface area contributed by atoms with Crippen LogP contribution in [0.1, 0.15) is 66.7 Å². The highest BCUT2D eigenvalue weighted by molar-refractivity contribution is 6.76. The van der Waals surface area contributed by atoms with Gasteiger partial charge in [0.15, 0.2) is 6.79 Å². The van der Waals surface area contributed by atoms with Crippen molar-refractivity contribution in [2.45, 2.75) is 111 Å². The van der Waals surface area contributed by atoms with Crippen molar-refractivity contribution < 1.29 is 43.5 Å². The maximum atomic E-state index is 14.0. The Hall–Kier alpha value is -2.08. The molecule has 48 heavy (non-hydrogen) atoms. The Morgan fingerprint density at radius 2 is 1.83 bits per heavy atom. The summed E-state index contributed by atoms with van der Waals surface area (Å²) in [5, 5.41) is 20.8. The van der Waals surface area contributed by atoms with Crippen LogP contribution in [0.5, 0.6) is 0 Å². The van der Waals surface area contributed by atoms with E-state index >= 15 is 0 Å². The first-order valence-electron chi connectivity index (χ1n) is 17.6. The number of hydrogen-bond donors (Lipinski definition) is 2. The number of carbonyl (C=O) groups excluding carboxylic acids is 2. The second-order valence-corrected chi connectivity index (χ2v) is 20.8. The van der Waals surface area contributed by atoms with Crippen LogP contribution in [0.2, 0.25) is 25.7 Å². The molecule has 0 aromatic heterocycles. The average molecular weight is 693 g/mol. The molecule has 0 amide bonds. The van der Waals surface area contributed by atoms with Gasteiger partial charge in [0.05, 0.1) is 36.4 Å². The van der Waals surface area contributed by atoms with Crippen molar-refractivity contribution in [2.75, 3.05) is 34.4 Å². The number of ether oxygens (including phenoxy) is 5. The zero-order chi connectivity index (χ0) is 36.1. The first-order chi connectivity index (χ1) is 22.6. The van der Waals surface area contributed by atoms with Gasteiger partial charge in [-0.1, -0.05) is 75.5 Å². The number of carbonyl (C=O) groups is 2. The van der Waals surface area contributed by atoms with E-state index in [2.05, 4.69) is 32.6 Å². The molecular formula is C38H64O9Si. The molecule has 0 aromatic rings. The van der Waals surface area contributed by atoms with Gasteiger partial charge in [-0.2, -0.15) is 0 Å². The van der Waals surface area contributed by atoms with E-state index in [0.717, 1.165) is 30.9 Å². The predicted octanol–water partition coefficient (Wildman–Crippen LogP) is 6.84. The molecule has 0 radical (unpaired) electrons. The smallest absolute Gasteiger partial charge is 0.336 e. The molecule has 9 atom stereocenters. The van der Waals surface area contributed by atoms with Crippen LogP contribution in [-0.2, 0) is 33.3 Å². The number of fused-ring (bicyclic) bond motifs is 1. The minimum atomic E-state index is -1.27. The molecule has 1 fully saturated rings. The highest BCUT2D eigenvalue weighted by Gasteiger charge is 2.56. The van der Waals surface area contributed by atoms with Crippen molar-refractivity contribution >= 4 is 20.0 Å². The molecule has 0 bridgehead atoms. The quantitative estimate of drug-likeness (QED) is 0.0285. The Bertz CT molecular complexity index is 1140. The number of unbranched alkanes of at least 4 members (excludes halogenated alkanes) is 1. The van der Waals surface area contributed by atoms with E-state index in [4.69, 9.17) is 23.7 Å². The number of methoxy groups -OCH3 is 2. The molecule has 0 spiro atoms. The van der Waals surface area contributed by atoms with Gasteiger partial charge in [-0.05, 0) is 70.8 Å². The molecule has 0 unspecified atom stereocenters. The molecule has 274 valence electrons. The van der Waals surface area contributed by atoms with Gasteiger partial charge in [0, 0.05) is 39.5 Å². The van der Waals surface area contributed by atoms with Crippen molar-refractivity contribution in [3.63, 3.8) is 0 Å². The Kier molecular flexibility index (Phi) is 17.5. The molecule has 2 aliphatic carbocycles. The minimum Gasteiger partial charge on any atom is -0.466 e. The molecule has 10 heteroatoms. The summed E-state index contributed by atoms with van der Waals surface area (Å²) in [6.07, 6.45) is 13.9. The van der Waals surface area contributed by atoms with Gasteiger partial charge in [0.2, 0.25) is 0 Å². The van der Waals surface area contributed by atoms with E-state index in [1.165, 1.54) is 14.2 Å². The molecular weight excluding hydrogens is 628 g/mol. The standard InChI is InChI=1S/C38H64O9Si/c1-26-19-20-33-31(34(26)40)23-28(3)32(38(33,5)37(42)47-25-45-21-22-48(8,9)10)18-14-11-15-27(2)35(46-24-43-6)30(36(41)44-7)17-13-12-16-29(4)39/h11,14-15,17-18,23,26-27,29,31-35,39-40H,12-13,16,19-22,24-25H2,1-10H3/b15-11+,18-14+,30-17-/t26-,27-,29+,31+,32-,33-,34+,35+,38-/m0/s1. The van der Waals surface area contributed by atoms with Crippen LogP contribution < -0.4 is 0 Å². The number of hydrogen-bond acceptors (Lipinski definition) is 9. The topological polar surface area (TPSA) is 121 Å². The van der Waals surface area contributed by atoms with E-state index in [9.17, 15) is 19.8 Å². The predicted molar refractivity (Wildman–Crippen MR) is 192 cm³/mol. The summed E-state index contributed by atoms with van der Waals surface area (Å²) in [7, 11) is 1.61. The number of esters is 2. The molecule has 0 aromatic carbocycles. The van der Waals surface area contributed by atoms with Crippen molar-refractivity contribution in [1.29, 1.82) is 0 Å². The number of allylic oxidation sites excluding steroid dienone is 5. The van der Waals surface area contributed by atoms with Crippen LogP contribution in [0, 0.1) is 35.0 Å². The average Bonchev–Trinajstić information content (AvgIpc) is 3.02. The van der Waals surface area contributed by atoms with Gasteiger partial charge in [-0.15, -0.1) is 0 Å². The fourth-order valence-corrected chi connectivity index (χ4v) is 7.81. The maximum Gasteiger partial charge on any atom is 0.336 e. The van der Waals surface area contributed by atoms with E-state index in [-0.39, 0.29) is 49.1 Å². The Labute approximate surface area is 290 Å². The van der Waals surface area contributed by atoms with Gasteiger partial charge in [-0.25, -0.2) is 4.79 Å². The summed E-state index contributed by atoms with van der Waals surface area (Å²) in [6, 6.07) is 0.992. The summed E-state index contributed by atoms with van der Waals surface area (Å²) >= 11 is 0. The van der Waals surface area contributed by atoms with E-state index < -0.39 is 37.8 Å². The zero-order valence-electron chi connectivity index (χ0n) is 31.2. The van der Waals surface area contributed by atoms with Crippen LogP contribution in [0.25, 0.3) is 0 Å². The van der Waals surface area contributed by atoms with Crippen molar-refractivity contribution in [2.24, 2.45) is 35.0 Å². The monoisotopic (exact) mass is 692 g/mol. The number of rotatable bonds is 19. The number of aliphatic hydroxyl groups is 2.